The lowest BCUT2D eigenvalue weighted by molar-refractivity contribution is -0.120. The molecule has 158 valence electrons. The van der Waals surface area contributed by atoms with Crippen LogP contribution in [-0.2, 0) is 9.59 Å². The Morgan fingerprint density at radius 2 is 1.44 bits per heavy atom. The van der Waals surface area contributed by atoms with Gasteiger partial charge in [0.05, 0.1) is 22.9 Å². The van der Waals surface area contributed by atoms with Crippen LogP contribution in [0.3, 0.4) is 0 Å². The summed E-state index contributed by atoms with van der Waals surface area (Å²) in [5.41, 5.74) is 7.01. The van der Waals surface area contributed by atoms with Crippen LogP contribution in [0.15, 0.2) is 66.4 Å². The Labute approximate surface area is 187 Å². The molecule has 1 aliphatic heterocycles. The monoisotopic (exact) mass is 421 g/mol. The molecule has 1 aliphatic rings. The molecule has 0 radical (unpaired) electrons. The van der Waals surface area contributed by atoms with Crippen LogP contribution in [0.25, 0.3) is 5.57 Å². The molecular weight excluding hydrogens is 398 g/mol. The van der Waals surface area contributed by atoms with E-state index < -0.39 is 5.91 Å². The number of nitrogens with zero attached hydrogens (tertiary/aromatic N) is 2. The van der Waals surface area contributed by atoms with Crippen molar-refractivity contribution in [3.63, 3.8) is 0 Å². The fraction of sp³-hybridized carbons (Fsp3) is 0.148. The Hall–Kier alpha value is -4.17. The smallest absolute Gasteiger partial charge is 0.282 e. The highest BCUT2D eigenvalue weighted by Crippen LogP contribution is 2.36. The first kappa shape index (κ1) is 21.1. The van der Waals surface area contributed by atoms with Gasteiger partial charge in [0, 0.05) is 5.69 Å². The van der Waals surface area contributed by atoms with Crippen molar-refractivity contribution in [3.8, 4) is 6.07 Å². The minimum atomic E-state index is -0.421. The largest absolute Gasteiger partial charge is 0.350 e. The number of carbonyl (C=O) groups is 2. The van der Waals surface area contributed by atoms with Gasteiger partial charge >= 0.3 is 0 Å². The van der Waals surface area contributed by atoms with Crippen molar-refractivity contribution in [2.75, 3.05) is 10.2 Å². The van der Waals surface area contributed by atoms with Crippen LogP contribution in [-0.4, -0.2) is 11.8 Å². The summed E-state index contributed by atoms with van der Waals surface area (Å²) in [6.45, 7) is 7.87. The van der Waals surface area contributed by atoms with Gasteiger partial charge < -0.3 is 5.32 Å². The van der Waals surface area contributed by atoms with Crippen LogP contribution < -0.4 is 10.2 Å². The Balaban J connectivity index is 1.87. The van der Waals surface area contributed by atoms with Crippen molar-refractivity contribution in [1.29, 1.82) is 5.26 Å². The summed E-state index contributed by atoms with van der Waals surface area (Å²) in [4.78, 5) is 28.3. The molecule has 1 heterocycles. The summed E-state index contributed by atoms with van der Waals surface area (Å²) >= 11 is 0. The van der Waals surface area contributed by atoms with Gasteiger partial charge in [0.25, 0.3) is 11.8 Å². The minimum Gasteiger partial charge on any atom is -0.350 e. The van der Waals surface area contributed by atoms with Gasteiger partial charge in [0.15, 0.2) is 0 Å². The normalized spacial score (nSPS) is 13.5. The number of benzene rings is 3. The maximum absolute atomic E-state index is 13.6. The number of amides is 2. The number of aryl methyl sites for hydroxylation is 4. The average molecular weight is 422 g/mol. The molecule has 0 aliphatic carbocycles. The van der Waals surface area contributed by atoms with E-state index in [2.05, 4.69) is 11.4 Å². The maximum atomic E-state index is 13.6. The molecule has 0 atom stereocenters. The van der Waals surface area contributed by atoms with Crippen LogP contribution in [0.2, 0.25) is 0 Å². The van der Waals surface area contributed by atoms with Crippen LogP contribution in [0.1, 0.15) is 33.4 Å². The van der Waals surface area contributed by atoms with Gasteiger partial charge in [-0.3, -0.25) is 9.59 Å². The number of rotatable bonds is 4. The second-order valence-corrected chi connectivity index (χ2v) is 8.12. The highest BCUT2D eigenvalue weighted by Gasteiger charge is 2.40. The second kappa shape index (κ2) is 8.16. The molecule has 2 amide bonds. The molecule has 5 heteroatoms. The molecule has 0 saturated carbocycles. The number of imide groups is 1. The third kappa shape index (κ3) is 3.67. The van der Waals surface area contributed by atoms with E-state index in [4.69, 9.17) is 5.26 Å². The number of nitrogens with one attached hydrogen (secondary N) is 1. The lowest BCUT2D eigenvalue weighted by Gasteiger charge is -2.16. The summed E-state index contributed by atoms with van der Waals surface area (Å²) < 4.78 is 0. The van der Waals surface area contributed by atoms with Gasteiger partial charge in [0.2, 0.25) is 0 Å². The zero-order valence-electron chi connectivity index (χ0n) is 18.5. The lowest BCUT2D eigenvalue weighted by Crippen LogP contribution is -2.32. The SMILES string of the molecule is Cc1ccc(C2=C(Nc3cc(C)ccc3C)C(=O)N(c3ccc(C#N)cc3)C2=O)c(C)c1. The van der Waals surface area contributed by atoms with Crippen molar-refractivity contribution < 1.29 is 9.59 Å². The highest BCUT2D eigenvalue weighted by molar-refractivity contribution is 6.46. The number of nitriles is 1. The van der Waals surface area contributed by atoms with Crippen LogP contribution in [0, 0.1) is 39.0 Å². The fourth-order valence-corrected chi connectivity index (χ4v) is 3.91. The van der Waals surface area contributed by atoms with Gasteiger partial charge in [-0.1, -0.05) is 35.9 Å². The van der Waals surface area contributed by atoms with Gasteiger partial charge in [-0.05, 0) is 80.3 Å². The number of hydrogen-bond acceptors (Lipinski definition) is 4. The van der Waals surface area contributed by atoms with E-state index in [-0.39, 0.29) is 11.6 Å². The summed E-state index contributed by atoms with van der Waals surface area (Å²) in [6.07, 6.45) is 0. The van der Waals surface area contributed by atoms with Crippen LogP contribution in [0.4, 0.5) is 11.4 Å². The number of hydrogen-bond donors (Lipinski definition) is 1. The van der Waals surface area contributed by atoms with Gasteiger partial charge in [-0.15, -0.1) is 0 Å². The van der Waals surface area contributed by atoms with E-state index in [0.717, 1.165) is 33.5 Å². The first-order valence-corrected chi connectivity index (χ1v) is 10.4. The molecule has 3 aromatic rings. The first-order chi connectivity index (χ1) is 15.3. The predicted molar refractivity (Wildman–Crippen MR) is 126 cm³/mol. The molecule has 0 bridgehead atoms. The Morgan fingerprint density at radius 1 is 0.781 bits per heavy atom. The van der Waals surface area contributed by atoms with E-state index in [1.807, 2.05) is 64.1 Å². The molecule has 3 aromatic carbocycles. The van der Waals surface area contributed by atoms with E-state index in [9.17, 15) is 9.59 Å². The molecule has 0 spiro atoms. The molecule has 0 fully saturated rings. The molecule has 32 heavy (non-hydrogen) atoms. The standard InChI is InChI=1S/C27H23N3O2/c1-16-6-12-22(19(4)13-16)24-25(29-23-14-17(2)5-7-18(23)3)27(32)30(26(24)31)21-10-8-20(15-28)9-11-21/h5-14,29H,1-4H3. The molecule has 0 aromatic heterocycles. The third-order valence-electron chi connectivity index (χ3n) is 5.64. The quantitative estimate of drug-likeness (QED) is 0.589. The number of carbonyl (C=O) groups excluding carboxylic acids is 2. The van der Waals surface area contributed by atoms with E-state index in [0.29, 0.717) is 16.8 Å². The van der Waals surface area contributed by atoms with Crippen molar-refractivity contribution >= 4 is 28.8 Å². The van der Waals surface area contributed by atoms with E-state index in [1.165, 1.54) is 4.90 Å². The summed E-state index contributed by atoms with van der Waals surface area (Å²) in [7, 11) is 0. The van der Waals surface area contributed by atoms with Crippen molar-refractivity contribution in [3.05, 3.63) is 99.7 Å². The Kier molecular flexibility index (Phi) is 5.38. The molecule has 0 unspecified atom stereocenters. The van der Waals surface area contributed by atoms with Crippen molar-refractivity contribution in [2.45, 2.75) is 27.7 Å². The summed E-state index contributed by atoms with van der Waals surface area (Å²) in [5, 5.41) is 12.3. The molecule has 1 N–H and O–H groups in total. The molecular formula is C27H23N3O2. The molecule has 4 rings (SSSR count). The van der Waals surface area contributed by atoms with Gasteiger partial charge in [-0.2, -0.15) is 5.26 Å². The second-order valence-electron chi connectivity index (χ2n) is 8.12. The maximum Gasteiger partial charge on any atom is 0.282 e. The van der Waals surface area contributed by atoms with Gasteiger partial charge in [-0.25, -0.2) is 4.90 Å². The predicted octanol–water partition coefficient (Wildman–Crippen LogP) is 5.19. The van der Waals surface area contributed by atoms with Crippen LogP contribution >= 0.6 is 0 Å². The lowest BCUT2D eigenvalue weighted by atomic mass is 9.97. The molecule has 0 saturated heterocycles. The Morgan fingerprint density at radius 3 is 2.09 bits per heavy atom. The van der Waals surface area contributed by atoms with Crippen molar-refractivity contribution in [2.24, 2.45) is 0 Å². The van der Waals surface area contributed by atoms with E-state index in [1.54, 1.807) is 24.3 Å². The van der Waals surface area contributed by atoms with Crippen LogP contribution in [0.5, 0.6) is 0 Å². The highest BCUT2D eigenvalue weighted by atomic mass is 16.2. The van der Waals surface area contributed by atoms with Gasteiger partial charge in [0.1, 0.15) is 5.70 Å². The third-order valence-corrected chi connectivity index (χ3v) is 5.64. The summed E-state index contributed by atoms with van der Waals surface area (Å²) in [5.74, 6) is -0.810. The molecule has 5 nitrogen and oxygen atoms in total. The fourth-order valence-electron chi connectivity index (χ4n) is 3.91. The zero-order valence-corrected chi connectivity index (χ0v) is 18.5. The topological polar surface area (TPSA) is 73.2 Å². The average Bonchev–Trinajstić information content (AvgIpc) is 3.00. The first-order valence-electron chi connectivity index (χ1n) is 10.4. The zero-order chi connectivity index (χ0) is 23.0. The minimum absolute atomic E-state index is 0.250. The Bertz CT molecular complexity index is 1330. The van der Waals surface area contributed by atoms with E-state index >= 15 is 0 Å². The number of anilines is 2. The van der Waals surface area contributed by atoms with Crippen molar-refractivity contribution in [1.82, 2.24) is 0 Å². The summed E-state index contributed by atoms with van der Waals surface area (Å²) in [6, 6.07) is 20.3.